The van der Waals surface area contributed by atoms with Crippen molar-refractivity contribution in [3.05, 3.63) is 0 Å². The third-order valence-corrected chi connectivity index (χ3v) is 3.32. The Hall–Kier alpha value is -0.120. The van der Waals surface area contributed by atoms with Crippen molar-refractivity contribution in [3.8, 4) is 0 Å². The molecule has 78 valence electrons. The van der Waals surface area contributed by atoms with Gasteiger partial charge in [-0.2, -0.15) is 0 Å². The van der Waals surface area contributed by atoms with Gasteiger partial charge in [-0.3, -0.25) is 0 Å². The van der Waals surface area contributed by atoms with E-state index < -0.39 is 0 Å². The van der Waals surface area contributed by atoms with Crippen LogP contribution in [0.25, 0.3) is 0 Å². The second kappa shape index (κ2) is 4.40. The van der Waals surface area contributed by atoms with E-state index in [0.29, 0.717) is 0 Å². The maximum Gasteiger partial charge on any atom is 0.0627 e. The first-order chi connectivity index (χ1) is 6.14. The lowest BCUT2D eigenvalue weighted by molar-refractivity contribution is 0.00162. The van der Waals surface area contributed by atoms with Crippen LogP contribution in [0.3, 0.4) is 0 Å². The molecule has 1 aliphatic rings. The van der Waals surface area contributed by atoms with E-state index >= 15 is 0 Å². The third-order valence-electron chi connectivity index (χ3n) is 3.32. The van der Waals surface area contributed by atoms with Crippen molar-refractivity contribution >= 4 is 0 Å². The Kier molecular flexibility index (Phi) is 3.71. The van der Waals surface area contributed by atoms with Gasteiger partial charge in [0.25, 0.3) is 0 Å². The summed E-state index contributed by atoms with van der Waals surface area (Å²) in [4.78, 5) is 4.59. The van der Waals surface area contributed by atoms with E-state index in [1.54, 1.807) is 0 Å². The van der Waals surface area contributed by atoms with Crippen LogP contribution in [-0.4, -0.2) is 60.8 Å². The maximum absolute atomic E-state index is 9.46. The quantitative estimate of drug-likeness (QED) is 0.691. The molecule has 1 heterocycles. The van der Waals surface area contributed by atoms with Crippen molar-refractivity contribution in [3.63, 3.8) is 0 Å². The van der Waals surface area contributed by atoms with Crippen LogP contribution in [-0.2, 0) is 0 Å². The number of likely N-dealkylation sites (tertiary alicyclic amines) is 1. The van der Waals surface area contributed by atoms with E-state index in [0.717, 1.165) is 19.5 Å². The minimum absolute atomic E-state index is 0.00819. The Morgan fingerprint density at radius 2 is 2.15 bits per heavy atom. The van der Waals surface area contributed by atoms with Crippen LogP contribution >= 0.6 is 0 Å². The van der Waals surface area contributed by atoms with Gasteiger partial charge in [-0.05, 0) is 40.0 Å². The molecule has 0 aromatic heterocycles. The van der Waals surface area contributed by atoms with E-state index in [1.807, 2.05) is 0 Å². The van der Waals surface area contributed by atoms with Crippen molar-refractivity contribution in [2.75, 3.05) is 40.3 Å². The highest BCUT2D eigenvalue weighted by Gasteiger charge is 2.36. The zero-order valence-corrected chi connectivity index (χ0v) is 9.08. The van der Waals surface area contributed by atoms with Gasteiger partial charge < -0.3 is 14.9 Å². The Bertz CT molecular complexity index is 161. The van der Waals surface area contributed by atoms with Crippen LogP contribution in [0, 0.1) is 0 Å². The highest BCUT2D eigenvalue weighted by atomic mass is 16.3. The summed E-state index contributed by atoms with van der Waals surface area (Å²) >= 11 is 0. The van der Waals surface area contributed by atoms with Crippen molar-refractivity contribution in [2.24, 2.45) is 0 Å². The Morgan fingerprint density at radius 3 is 2.62 bits per heavy atom. The van der Waals surface area contributed by atoms with Crippen molar-refractivity contribution in [1.29, 1.82) is 0 Å². The number of hydrogen-bond acceptors (Lipinski definition) is 3. The fraction of sp³-hybridized carbons (Fsp3) is 1.00. The summed E-state index contributed by atoms with van der Waals surface area (Å²) in [6.45, 7) is 5.74. The molecular formula is C10H22N2O. The van der Waals surface area contributed by atoms with Crippen LogP contribution in [0.4, 0.5) is 0 Å². The topological polar surface area (TPSA) is 26.7 Å². The second-order valence-corrected chi connectivity index (χ2v) is 4.25. The molecule has 1 unspecified atom stereocenters. The van der Waals surface area contributed by atoms with Gasteiger partial charge in [0.15, 0.2) is 0 Å². The van der Waals surface area contributed by atoms with Crippen molar-refractivity contribution in [2.45, 2.75) is 25.3 Å². The highest BCUT2D eigenvalue weighted by Crippen LogP contribution is 2.24. The number of piperidine rings is 1. The lowest BCUT2D eigenvalue weighted by Gasteiger charge is -2.45. The summed E-state index contributed by atoms with van der Waals surface area (Å²) in [6.07, 6.45) is 2.32. The molecule has 1 rings (SSSR count). The lowest BCUT2D eigenvalue weighted by atomic mass is 9.88. The Labute approximate surface area is 81.3 Å². The molecule has 0 saturated carbocycles. The number of nitrogens with zero attached hydrogens (tertiary/aromatic N) is 2. The molecule has 1 N–H and O–H groups in total. The zero-order chi connectivity index (χ0) is 9.90. The molecule has 1 atom stereocenters. The van der Waals surface area contributed by atoms with Gasteiger partial charge in [0, 0.05) is 6.54 Å². The van der Waals surface area contributed by atoms with Crippen LogP contribution < -0.4 is 0 Å². The third kappa shape index (κ3) is 2.22. The van der Waals surface area contributed by atoms with Gasteiger partial charge >= 0.3 is 0 Å². The molecule has 0 aromatic carbocycles. The summed E-state index contributed by atoms with van der Waals surface area (Å²) in [5, 5.41) is 9.46. The SMILES string of the molecule is CCN1CCCC(CO)(N(C)C)C1. The zero-order valence-electron chi connectivity index (χ0n) is 9.08. The van der Waals surface area contributed by atoms with Crippen molar-refractivity contribution < 1.29 is 5.11 Å². The minimum atomic E-state index is 0.00819. The van der Waals surface area contributed by atoms with Gasteiger partial charge in [0.1, 0.15) is 0 Å². The van der Waals surface area contributed by atoms with Crippen LogP contribution in [0.15, 0.2) is 0 Å². The van der Waals surface area contributed by atoms with E-state index in [9.17, 15) is 5.11 Å². The van der Waals surface area contributed by atoms with Gasteiger partial charge in [-0.25, -0.2) is 0 Å². The molecule has 13 heavy (non-hydrogen) atoms. The molecule has 1 aliphatic heterocycles. The average molecular weight is 186 g/mol. The highest BCUT2D eigenvalue weighted by molar-refractivity contribution is 4.93. The Balaban J connectivity index is 2.64. The summed E-state index contributed by atoms with van der Waals surface area (Å²) < 4.78 is 0. The first kappa shape index (κ1) is 11.0. The first-order valence-electron chi connectivity index (χ1n) is 5.15. The smallest absolute Gasteiger partial charge is 0.0627 e. The van der Waals surface area contributed by atoms with E-state index in [1.165, 1.54) is 13.0 Å². The number of aliphatic hydroxyl groups excluding tert-OH is 1. The summed E-state index contributed by atoms with van der Waals surface area (Å²) in [5.74, 6) is 0. The normalized spacial score (nSPS) is 31.2. The number of aliphatic hydroxyl groups is 1. The number of likely N-dealkylation sites (N-methyl/N-ethyl adjacent to an activating group) is 2. The van der Waals surface area contributed by atoms with Crippen molar-refractivity contribution in [1.82, 2.24) is 9.80 Å². The summed E-state index contributed by atoms with van der Waals surface area (Å²) in [5.41, 5.74) is 0.00819. The van der Waals surface area contributed by atoms with Gasteiger partial charge in [-0.15, -0.1) is 0 Å². The molecule has 1 fully saturated rings. The minimum Gasteiger partial charge on any atom is -0.394 e. The molecule has 0 aromatic rings. The van der Waals surface area contributed by atoms with Crippen LogP contribution in [0.1, 0.15) is 19.8 Å². The van der Waals surface area contributed by atoms with Gasteiger partial charge in [0.2, 0.25) is 0 Å². The molecular weight excluding hydrogens is 164 g/mol. The lowest BCUT2D eigenvalue weighted by Crippen LogP contribution is -2.58. The summed E-state index contributed by atoms with van der Waals surface area (Å²) in [6, 6.07) is 0. The average Bonchev–Trinajstić information content (AvgIpc) is 2.17. The summed E-state index contributed by atoms with van der Waals surface area (Å²) in [7, 11) is 4.13. The van der Waals surface area contributed by atoms with Gasteiger partial charge in [-0.1, -0.05) is 6.92 Å². The van der Waals surface area contributed by atoms with E-state index in [-0.39, 0.29) is 12.1 Å². The standard InChI is InChI=1S/C10H22N2O/c1-4-12-7-5-6-10(8-12,9-13)11(2)3/h13H,4-9H2,1-3H3. The second-order valence-electron chi connectivity index (χ2n) is 4.25. The van der Waals surface area contributed by atoms with Crippen LogP contribution in [0.2, 0.25) is 0 Å². The molecule has 1 saturated heterocycles. The predicted octanol–water partition coefficient (Wildman–Crippen LogP) is 0.395. The van der Waals surface area contributed by atoms with E-state index in [2.05, 4.69) is 30.8 Å². The maximum atomic E-state index is 9.46. The monoisotopic (exact) mass is 186 g/mol. The van der Waals surface area contributed by atoms with Gasteiger partial charge in [0.05, 0.1) is 12.1 Å². The van der Waals surface area contributed by atoms with E-state index in [4.69, 9.17) is 0 Å². The molecule has 3 heteroatoms. The molecule has 0 aliphatic carbocycles. The molecule has 3 nitrogen and oxygen atoms in total. The molecule has 0 spiro atoms. The fourth-order valence-electron chi connectivity index (χ4n) is 2.11. The number of hydrogen-bond donors (Lipinski definition) is 1. The first-order valence-corrected chi connectivity index (χ1v) is 5.15. The molecule has 0 radical (unpaired) electrons. The molecule has 0 amide bonds. The predicted molar refractivity (Wildman–Crippen MR) is 54.9 cm³/mol. The van der Waals surface area contributed by atoms with Crippen LogP contribution in [0.5, 0.6) is 0 Å². The Morgan fingerprint density at radius 1 is 1.46 bits per heavy atom. The fourth-order valence-corrected chi connectivity index (χ4v) is 2.11. The number of rotatable bonds is 3. The molecule has 0 bridgehead atoms. The largest absolute Gasteiger partial charge is 0.394 e.